The van der Waals surface area contributed by atoms with E-state index < -0.39 is 5.97 Å². The van der Waals surface area contributed by atoms with Crippen LogP contribution >= 0.6 is 0 Å². The molecule has 144 valence electrons. The van der Waals surface area contributed by atoms with Crippen molar-refractivity contribution in [2.24, 2.45) is 0 Å². The van der Waals surface area contributed by atoms with Gasteiger partial charge in [-0.05, 0) is 48.2 Å². The number of aromatic nitrogens is 2. The van der Waals surface area contributed by atoms with Crippen molar-refractivity contribution in [3.63, 3.8) is 0 Å². The highest BCUT2D eigenvalue weighted by molar-refractivity contribution is 5.87. The van der Waals surface area contributed by atoms with Crippen LogP contribution in [0.5, 0.6) is 0 Å². The first-order chi connectivity index (χ1) is 13.6. The molecule has 0 radical (unpaired) electrons. The van der Waals surface area contributed by atoms with Crippen molar-refractivity contribution in [2.45, 2.75) is 25.8 Å². The second-order valence-corrected chi connectivity index (χ2v) is 6.32. The molecule has 0 aliphatic rings. The van der Waals surface area contributed by atoms with Crippen LogP contribution in [-0.2, 0) is 16.0 Å². The molecule has 0 fully saturated rings. The molecule has 1 aromatic heterocycles. The van der Waals surface area contributed by atoms with E-state index in [1.54, 1.807) is 37.4 Å². The molecule has 28 heavy (non-hydrogen) atoms. The lowest BCUT2D eigenvalue weighted by Gasteiger charge is -2.22. The van der Waals surface area contributed by atoms with E-state index >= 15 is 0 Å². The summed E-state index contributed by atoms with van der Waals surface area (Å²) in [4.78, 5) is 23.0. The number of benzene rings is 2. The SMILES string of the molecule is CCOC(=O)CCc1ccccc1C(c1ccc(C(=O)O)cc1)n1cccn1. The number of carbonyl (C=O) groups is 2. The van der Waals surface area contributed by atoms with Gasteiger partial charge < -0.3 is 9.84 Å². The van der Waals surface area contributed by atoms with Gasteiger partial charge in [0.1, 0.15) is 6.04 Å². The van der Waals surface area contributed by atoms with Gasteiger partial charge >= 0.3 is 11.9 Å². The van der Waals surface area contributed by atoms with Crippen LogP contribution in [0.4, 0.5) is 0 Å². The minimum atomic E-state index is -0.961. The maximum Gasteiger partial charge on any atom is 0.335 e. The summed E-state index contributed by atoms with van der Waals surface area (Å²) in [5, 5.41) is 13.6. The quantitative estimate of drug-likeness (QED) is 0.604. The van der Waals surface area contributed by atoms with E-state index in [0.29, 0.717) is 19.4 Å². The largest absolute Gasteiger partial charge is 0.478 e. The standard InChI is InChI=1S/C22H22N2O4/c1-2-28-20(25)13-12-16-6-3-4-7-19(16)21(24-15-5-14-23-24)17-8-10-18(11-9-17)22(26)27/h3-11,14-15,21H,2,12-13H2,1H3,(H,26,27). The molecule has 2 aromatic carbocycles. The molecule has 0 bridgehead atoms. The van der Waals surface area contributed by atoms with Crippen LogP contribution in [0.15, 0.2) is 67.0 Å². The lowest BCUT2D eigenvalue weighted by atomic mass is 9.92. The highest BCUT2D eigenvalue weighted by Crippen LogP contribution is 2.29. The Morgan fingerprint density at radius 2 is 1.86 bits per heavy atom. The van der Waals surface area contributed by atoms with Crippen molar-refractivity contribution in [1.82, 2.24) is 9.78 Å². The van der Waals surface area contributed by atoms with Gasteiger partial charge in [0.05, 0.1) is 12.2 Å². The van der Waals surface area contributed by atoms with Crippen molar-refractivity contribution in [1.29, 1.82) is 0 Å². The third-order valence-electron chi connectivity index (χ3n) is 4.52. The van der Waals surface area contributed by atoms with Crippen LogP contribution in [0.25, 0.3) is 0 Å². The van der Waals surface area contributed by atoms with Crippen molar-refractivity contribution >= 4 is 11.9 Å². The van der Waals surface area contributed by atoms with E-state index in [0.717, 1.165) is 16.7 Å². The zero-order valence-corrected chi connectivity index (χ0v) is 15.6. The monoisotopic (exact) mass is 378 g/mol. The van der Waals surface area contributed by atoms with Crippen molar-refractivity contribution in [2.75, 3.05) is 6.61 Å². The smallest absolute Gasteiger partial charge is 0.335 e. The van der Waals surface area contributed by atoms with Gasteiger partial charge in [-0.3, -0.25) is 9.48 Å². The van der Waals surface area contributed by atoms with E-state index in [4.69, 9.17) is 9.84 Å². The maximum absolute atomic E-state index is 11.8. The molecule has 6 heteroatoms. The predicted molar refractivity (Wildman–Crippen MR) is 104 cm³/mol. The average Bonchev–Trinajstić information content (AvgIpc) is 3.22. The Hall–Kier alpha value is -3.41. The summed E-state index contributed by atoms with van der Waals surface area (Å²) in [5.41, 5.74) is 3.19. The molecule has 0 amide bonds. The fraction of sp³-hybridized carbons (Fsp3) is 0.227. The Morgan fingerprint density at radius 3 is 2.50 bits per heavy atom. The first kappa shape index (κ1) is 19.4. The molecule has 0 saturated carbocycles. The van der Waals surface area contributed by atoms with Gasteiger partial charge in [0, 0.05) is 18.8 Å². The lowest BCUT2D eigenvalue weighted by Crippen LogP contribution is -2.16. The first-order valence-electron chi connectivity index (χ1n) is 9.16. The Balaban J connectivity index is 1.98. The summed E-state index contributed by atoms with van der Waals surface area (Å²) in [5.74, 6) is -1.18. The number of carbonyl (C=O) groups excluding carboxylic acids is 1. The summed E-state index contributed by atoms with van der Waals surface area (Å²) in [6.45, 7) is 2.16. The van der Waals surface area contributed by atoms with Gasteiger partial charge in [-0.2, -0.15) is 5.10 Å². The van der Waals surface area contributed by atoms with E-state index in [1.165, 1.54) is 0 Å². The molecular formula is C22H22N2O4. The van der Waals surface area contributed by atoms with E-state index in [1.807, 2.05) is 41.2 Å². The highest BCUT2D eigenvalue weighted by Gasteiger charge is 2.20. The summed E-state index contributed by atoms with van der Waals surface area (Å²) < 4.78 is 6.88. The van der Waals surface area contributed by atoms with Crippen LogP contribution in [0.1, 0.15) is 46.4 Å². The molecule has 0 aliphatic heterocycles. The molecule has 1 heterocycles. The summed E-state index contributed by atoms with van der Waals surface area (Å²) >= 11 is 0. The highest BCUT2D eigenvalue weighted by atomic mass is 16.5. The molecular weight excluding hydrogens is 356 g/mol. The number of ether oxygens (including phenoxy) is 1. The molecule has 3 rings (SSSR count). The zero-order valence-electron chi connectivity index (χ0n) is 15.6. The Morgan fingerprint density at radius 1 is 1.11 bits per heavy atom. The minimum absolute atomic E-state index is 0.223. The van der Waals surface area contributed by atoms with Crippen molar-refractivity contribution in [3.05, 3.63) is 89.2 Å². The summed E-state index contributed by atoms with van der Waals surface area (Å²) in [6, 6.07) is 16.3. The average molecular weight is 378 g/mol. The molecule has 1 unspecified atom stereocenters. The number of carboxylic acid groups (broad SMARTS) is 1. The maximum atomic E-state index is 11.8. The molecule has 1 N–H and O–H groups in total. The second kappa shape index (κ2) is 8.99. The number of carboxylic acids is 1. The number of aromatic carboxylic acids is 1. The summed E-state index contributed by atoms with van der Waals surface area (Å²) in [7, 11) is 0. The fourth-order valence-corrected chi connectivity index (χ4v) is 3.21. The number of nitrogens with zero attached hydrogens (tertiary/aromatic N) is 2. The van der Waals surface area contributed by atoms with Crippen LogP contribution in [0.3, 0.4) is 0 Å². The fourth-order valence-electron chi connectivity index (χ4n) is 3.21. The molecule has 0 spiro atoms. The molecule has 1 atom stereocenters. The summed E-state index contributed by atoms with van der Waals surface area (Å²) in [6.07, 6.45) is 4.44. The van der Waals surface area contributed by atoms with Gasteiger partial charge in [0.15, 0.2) is 0 Å². The first-order valence-corrected chi connectivity index (χ1v) is 9.16. The van der Waals surface area contributed by atoms with Gasteiger partial charge in [-0.15, -0.1) is 0 Å². The third-order valence-corrected chi connectivity index (χ3v) is 4.52. The normalized spacial score (nSPS) is 11.8. The van der Waals surface area contributed by atoms with Crippen molar-refractivity contribution in [3.8, 4) is 0 Å². The van der Waals surface area contributed by atoms with Gasteiger partial charge in [0.2, 0.25) is 0 Å². The zero-order chi connectivity index (χ0) is 19.9. The predicted octanol–water partition coefficient (Wildman–Crippen LogP) is 3.71. The molecule has 3 aromatic rings. The molecule has 6 nitrogen and oxygen atoms in total. The minimum Gasteiger partial charge on any atom is -0.478 e. The number of hydrogen-bond donors (Lipinski definition) is 1. The lowest BCUT2D eigenvalue weighted by molar-refractivity contribution is -0.143. The number of hydrogen-bond acceptors (Lipinski definition) is 4. The van der Waals surface area contributed by atoms with E-state index in [9.17, 15) is 9.59 Å². The van der Waals surface area contributed by atoms with Crippen LogP contribution in [-0.4, -0.2) is 33.4 Å². The van der Waals surface area contributed by atoms with Gasteiger partial charge in [0.25, 0.3) is 0 Å². The third kappa shape index (κ3) is 4.46. The van der Waals surface area contributed by atoms with Gasteiger partial charge in [-0.1, -0.05) is 36.4 Å². The number of rotatable bonds is 8. The molecule has 0 saturated heterocycles. The van der Waals surface area contributed by atoms with Gasteiger partial charge in [-0.25, -0.2) is 4.79 Å². The van der Waals surface area contributed by atoms with E-state index in [-0.39, 0.29) is 17.6 Å². The Kier molecular flexibility index (Phi) is 6.22. The second-order valence-electron chi connectivity index (χ2n) is 6.32. The number of aryl methyl sites for hydroxylation is 1. The molecule has 0 aliphatic carbocycles. The topological polar surface area (TPSA) is 81.4 Å². The Labute approximate surface area is 163 Å². The van der Waals surface area contributed by atoms with Crippen LogP contribution in [0.2, 0.25) is 0 Å². The van der Waals surface area contributed by atoms with E-state index in [2.05, 4.69) is 5.10 Å². The number of esters is 1. The van der Waals surface area contributed by atoms with Crippen molar-refractivity contribution < 1.29 is 19.4 Å². The van der Waals surface area contributed by atoms with Crippen LogP contribution in [0, 0.1) is 0 Å². The van der Waals surface area contributed by atoms with Crippen LogP contribution < -0.4 is 0 Å². The Bertz CT molecular complexity index is 933.